The van der Waals surface area contributed by atoms with Crippen LogP contribution < -0.4 is 15.6 Å². The van der Waals surface area contributed by atoms with Gasteiger partial charge in [-0.3, -0.25) is 30.0 Å². The van der Waals surface area contributed by atoms with Gasteiger partial charge in [0.2, 0.25) is 17.7 Å². The second kappa shape index (κ2) is 9.93. The van der Waals surface area contributed by atoms with Gasteiger partial charge >= 0.3 is 0 Å². The largest absolute Gasteiger partial charge is 0.496 e. The third kappa shape index (κ3) is 5.85. The van der Waals surface area contributed by atoms with Gasteiger partial charge in [0.1, 0.15) is 5.75 Å². The molecule has 28 heavy (non-hydrogen) atoms. The Bertz CT molecular complexity index is 762. The molecule has 2 N–H and O–H groups in total. The Morgan fingerprint density at radius 3 is 2.29 bits per heavy atom. The molecule has 9 nitrogen and oxygen atoms in total. The van der Waals surface area contributed by atoms with Gasteiger partial charge in [-0.1, -0.05) is 11.6 Å². The number of nitrogens with zero attached hydrogens (tertiary/aromatic N) is 2. The first-order valence-corrected chi connectivity index (χ1v) is 9.15. The second-order valence-corrected chi connectivity index (χ2v) is 6.67. The van der Waals surface area contributed by atoms with Gasteiger partial charge in [-0.25, -0.2) is 0 Å². The van der Waals surface area contributed by atoms with Crippen LogP contribution in [0.2, 0.25) is 5.02 Å². The first-order chi connectivity index (χ1) is 13.3. The van der Waals surface area contributed by atoms with Crippen molar-refractivity contribution < 1.29 is 23.9 Å². The summed E-state index contributed by atoms with van der Waals surface area (Å²) in [6, 6.07) is 4.55. The lowest BCUT2D eigenvalue weighted by molar-refractivity contribution is -0.139. The van der Waals surface area contributed by atoms with Crippen molar-refractivity contribution in [2.45, 2.75) is 19.8 Å². The highest BCUT2D eigenvalue weighted by Gasteiger charge is 2.22. The highest BCUT2D eigenvalue weighted by Crippen LogP contribution is 2.22. The Morgan fingerprint density at radius 1 is 1.04 bits per heavy atom. The van der Waals surface area contributed by atoms with E-state index in [1.807, 2.05) is 0 Å². The van der Waals surface area contributed by atoms with Crippen molar-refractivity contribution in [2.24, 2.45) is 0 Å². The second-order valence-electron chi connectivity index (χ2n) is 6.23. The number of methoxy groups -OCH3 is 1. The predicted molar refractivity (Wildman–Crippen MR) is 102 cm³/mol. The topological polar surface area (TPSA) is 108 Å². The van der Waals surface area contributed by atoms with E-state index in [2.05, 4.69) is 10.9 Å². The van der Waals surface area contributed by atoms with Gasteiger partial charge in [0.15, 0.2) is 0 Å². The van der Waals surface area contributed by atoms with E-state index in [4.69, 9.17) is 16.3 Å². The Morgan fingerprint density at radius 2 is 1.68 bits per heavy atom. The molecule has 1 aromatic carbocycles. The summed E-state index contributed by atoms with van der Waals surface area (Å²) in [4.78, 5) is 50.9. The summed E-state index contributed by atoms with van der Waals surface area (Å²) in [7, 11) is 1.42. The number of hydrogen-bond donors (Lipinski definition) is 2. The minimum Gasteiger partial charge on any atom is -0.496 e. The first kappa shape index (κ1) is 21.5. The van der Waals surface area contributed by atoms with Gasteiger partial charge < -0.3 is 14.5 Å². The maximum absolute atomic E-state index is 12.2. The van der Waals surface area contributed by atoms with Crippen molar-refractivity contribution in [3.63, 3.8) is 0 Å². The van der Waals surface area contributed by atoms with Gasteiger partial charge in [0.05, 0.1) is 12.7 Å². The molecule has 0 saturated carbocycles. The van der Waals surface area contributed by atoms with Crippen LogP contribution in [0.5, 0.6) is 5.75 Å². The number of halogens is 1. The molecule has 1 fully saturated rings. The number of hydrazine groups is 1. The van der Waals surface area contributed by atoms with Crippen molar-refractivity contribution in [1.82, 2.24) is 20.7 Å². The zero-order chi connectivity index (χ0) is 20.7. The van der Waals surface area contributed by atoms with E-state index >= 15 is 0 Å². The number of benzene rings is 1. The van der Waals surface area contributed by atoms with Crippen LogP contribution in [0.4, 0.5) is 0 Å². The van der Waals surface area contributed by atoms with E-state index in [0.717, 1.165) is 0 Å². The van der Waals surface area contributed by atoms with Crippen LogP contribution in [0.3, 0.4) is 0 Å². The fraction of sp³-hybridized carbons (Fsp3) is 0.444. The maximum Gasteiger partial charge on any atom is 0.273 e. The molecule has 0 unspecified atom stereocenters. The maximum atomic E-state index is 12.2. The monoisotopic (exact) mass is 410 g/mol. The molecule has 1 aliphatic rings. The number of carbonyl (C=O) groups is 4. The predicted octanol–water partition coefficient (Wildman–Crippen LogP) is 0.581. The lowest BCUT2D eigenvalue weighted by Gasteiger charge is -2.34. The molecule has 1 aliphatic heterocycles. The summed E-state index contributed by atoms with van der Waals surface area (Å²) in [5, 5.41) is 0.354. The normalized spacial score (nSPS) is 13.7. The van der Waals surface area contributed by atoms with E-state index in [1.54, 1.807) is 21.9 Å². The van der Waals surface area contributed by atoms with Crippen molar-refractivity contribution in [3.05, 3.63) is 28.8 Å². The van der Waals surface area contributed by atoms with Gasteiger partial charge in [-0.05, 0) is 18.2 Å². The highest BCUT2D eigenvalue weighted by atomic mass is 35.5. The third-order valence-corrected chi connectivity index (χ3v) is 4.60. The average molecular weight is 411 g/mol. The van der Waals surface area contributed by atoms with Crippen LogP contribution in [0.15, 0.2) is 18.2 Å². The van der Waals surface area contributed by atoms with Crippen LogP contribution >= 0.6 is 11.6 Å². The highest BCUT2D eigenvalue weighted by molar-refractivity contribution is 6.31. The molecule has 1 heterocycles. The molecule has 0 aliphatic carbocycles. The van der Waals surface area contributed by atoms with E-state index in [9.17, 15) is 19.2 Å². The fourth-order valence-corrected chi connectivity index (χ4v) is 2.94. The average Bonchev–Trinajstić information content (AvgIpc) is 2.70. The summed E-state index contributed by atoms with van der Waals surface area (Å²) < 4.78 is 5.09. The molecule has 0 radical (unpaired) electrons. The van der Waals surface area contributed by atoms with Crippen LogP contribution in [-0.4, -0.2) is 66.7 Å². The zero-order valence-electron chi connectivity index (χ0n) is 15.8. The Kier molecular flexibility index (Phi) is 7.62. The van der Waals surface area contributed by atoms with E-state index in [0.29, 0.717) is 37.0 Å². The summed E-state index contributed by atoms with van der Waals surface area (Å²) in [5.74, 6) is -0.944. The molecule has 0 bridgehead atoms. The molecule has 10 heteroatoms. The molecule has 0 atom stereocenters. The number of nitrogens with one attached hydrogen (secondary N) is 2. The van der Waals surface area contributed by atoms with Crippen molar-refractivity contribution in [1.29, 1.82) is 0 Å². The van der Waals surface area contributed by atoms with Gasteiger partial charge in [-0.2, -0.15) is 0 Å². The SMILES string of the molecule is COc1ccc(Cl)cc1C(=O)NNC(=O)CCC(=O)N1CCN(C(C)=O)CC1. The van der Waals surface area contributed by atoms with Crippen molar-refractivity contribution >= 4 is 35.2 Å². The van der Waals surface area contributed by atoms with Gasteiger partial charge in [0, 0.05) is 51.0 Å². The Hall–Kier alpha value is -2.81. The smallest absolute Gasteiger partial charge is 0.273 e. The molecule has 4 amide bonds. The van der Waals surface area contributed by atoms with E-state index in [-0.39, 0.29) is 30.2 Å². The van der Waals surface area contributed by atoms with E-state index < -0.39 is 11.8 Å². The van der Waals surface area contributed by atoms with E-state index in [1.165, 1.54) is 20.1 Å². The molecular weight excluding hydrogens is 388 g/mol. The quantitative estimate of drug-likeness (QED) is 0.690. The minimum absolute atomic E-state index is 0.0152. The first-order valence-electron chi connectivity index (χ1n) is 8.78. The van der Waals surface area contributed by atoms with Gasteiger partial charge in [-0.15, -0.1) is 0 Å². The number of ether oxygens (including phenoxy) is 1. The van der Waals surface area contributed by atoms with Crippen LogP contribution in [-0.2, 0) is 14.4 Å². The summed E-state index contributed by atoms with van der Waals surface area (Å²) in [6.07, 6.45) is -0.0546. The van der Waals surface area contributed by atoms with Crippen LogP contribution in [0, 0.1) is 0 Å². The lowest BCUT2D eigenvalue weighted by Crippen LogP contribution is -2.50. The molecule has 0 spiro atoms. The van der Waals surface area contributed by atoms with Crippen molar-refractivity contribution in [2.75, 3.05) is 33.3 Å². The summed E-state index contributed by atoms with van der Waals surface area (Å²) in [6.45, 7) is 3.38. The number of piperazine rings is 1. The summed E-state index contributed by atoms with van der Waals surface area (Å²) in [5.41, 5.74) is 4.72. The van der Waals surface area contributed by atoms with Crippen LogP contribution in [0.1, 0.15) is 30.1 Å². The molecule has 1 aromatic rings. The molecule has 1 saturated heterocycles. The Labute approximate surface area is 167 Å². The third-order valence-electron chi connectivity index (χ3n) is 4.37. The molecular formula is C18H23ClN4O5. The number of amides is 4. The lowest BCUT2D eigenvalue weighted by atomic mass is 10.2. The number of rotatable bonds is 5. The number of hydrogen-bond acceptors (Lipinski definition) is 5. The fourth-order valence-electron chi connectivity index (χ4n) is 2.76. The van der Waals surface area contributed by atoms with Crippen molar-refractivity contribution in [3.8, 4) is 5.75 Å². The van der Waals surface area contributed by atoms with Gasteiger partial charge in [0.25, 0.3) is 5.91 Å². The minimum atomic E-state index is -0.584. The zero-order valence-corrected chi connectivity index (χ0v) is 16.5. The molecule has 2 rings (SSSR count). The standard InChI is InChI=1S/C18H23ClN4O5/c1-12(24)22-7-9-23(10-8-22)17(26)6-5-16(25)20-21-18(27)14-11-13(19)3-4-15(14)28-2/h3-4,11H,5-10H2,1-2H3,(H,20,25)(H,21,27). The van der Waals surface area contributed by atoms with Crippen LogP contribution in [0.25, 0.3) is 0 Å². The molecule has 0 aromatic heterocycles. The summed E-state index contributed by atoms with van der Waals surface area (Å²) >= 11 is 5.88. The number of carbonyl (C=O) groups excluding carboxylic acids is 4. The molecule has 152 valence electrons. The Balaban J connectivity index is 1.76.